The molecule has 208 valence electrons. The highest BCUT2D eigenvalue weighted by molar-refractivity contribution is 7.92. The lowest BCUT2D eigenvalue weighted by molar-refractivity contribution is -0.140. The van der Waals surface area contributed by atoms with Crippen LogP contribution in [0.5, 0.6) is 0 Å². The van der Waals surface area contributed by atoms with E-state index in [1.807, 2.05) is 19.9 Å². The topological polar surface area (TPSA) is 86.8 Å². The highest BCUT2D eigenvalue weighted by atomic mass is 32.2. The Morgan fingerprint density at radius 3 is 2.21 bits per heavy atom. The van der Waals surface area contributed by atoms with Crippen LogP contribution in [0.25, 0.3) is 0 Å². The summed E-state index contributed by atoms with van der Waals surface area (Å²) >= 11 is 0. The van der Waals surface area contributed by atoms with Crippen LogP contribution in [0.15, 0.2) is 77.7 Å². The molecule has 3 aromatic carbocycles. The van der Waals surface area contributed by atoms with Gasteiger partial charge in [0.1, 0.15) is 18.4 Å². The second-order valence-corrected chi connectivity index (χ2v) is 11.3. The molecule has 0 saturated carbocycles. The number of hydrogen-bond donors (Lipinski definition) is 1. The molecule has 0 radical (unpaired) electrons. The SMILES string of the molecule is CCCNC(=O)[C@H](CC)N(Cc1ccc(F)cc1)C(=O)CN(c1ccc(C)cc1C)S(=O)(=O)c1ccccc1. The zero-order valence-corrected chi connectivity index (χ0v) is 23.7. The molecule has 0 saturated heterocycles. The predicted octanol–water partition coefficient (Wildman–Crippen LogP) is 4.97. The number of aryl methyl sites for hydroxylation is 2. The van der Waals surface area contributed by atoms with Gasteiger partial charge in [0.15, 0.2) is 0 Å². The third-order valence-corrected chi connectivity index (χ3v) is 8.21. The molecule has 39 heavy (non-hydrogen) atoms. The van der Waals surface area contributed by atoms with Crippen molar-refractivity contribution in [1.82, 2.24) is 10.2 Å². The zero-order valence-electron chi connectivity index (χ0n) is 22.9. The number of nitrogens with zero attached hydrogens (tertiary/aromatic N) is 2. The Hall–Kier alpha value is -3.72. The van der Waals surface area contributed by atoms with Crippen molar-refractivity contribution < 1.29 is 22.4 Å². The van der Waals surface area contributed by atoms with E-state index in [-0.39, 0.29) is 17.3 Å². The summed E-state index contributed by atoms with van der Waals surface area (Å²) in [6.07, 6.45) is 1.04. The van der Waals surface area contributed by atoms with E-state index in [1.165, 1.54) is 29.2 Å². The fraction of sp³-hybridized carbons (Fsp3) is 0.333. The zero-order chi connectivity index (χ0) is 28.6. The molecule has 3 aromatic rings. The summed E-state index contributed by atoms with van der Waals surface area (Å²) in [6.45, 7) is 7.38. The van der Waals surface area contributed by atoms with Gasteiger partial charge in [-0.05, 0) is 68.1 Å². The average Bonchev–Trinajstić information content (AvgIpc) is 2.92. The van der Waals surface area contributed by atoms with Gasteiger partial charge in [-0.2, -0.15) is 0 Å². The molecule has 1 N–H and O–H groups in total. The van der Waals surface area contributed by atoms with Crippen molar-refractivity contribution in [3.8, 4) is 0 Å². The fourth-order valence-corrected chi connectivity index (χ4v) is 5.89. The van der Waals surface area contributed by atoms with Crippen molar-refractivity contribution in [2.75, 3.05) is 17.4 Å². The average molecular weight is 554 g/mol. The molecule has 1 atom stereocenters. The Balaban J connectivity index is 2.07. The quantitative estimate of drug-likeness (QED) is 0.343. The third-order valence-electron chi connectivity index (χ3n) is 6.43. The molecular weight excluding hydrogens is 517 g/mol. The lowest BCUT2D eigenvalue weighted by Gasteiger charge is -2.33. The maximum atomic E-state index is 14.0. The summed E-state index contributed by atoms with van der Waals surface area (Å²) < 4.78 is 42.4. The molecule has 3 rings (SSSR count). The van der Waals surface area contributed by atoms with Crippen molar-refractivity contribution in [3.05, 3.63) is 95.3 Å². The van der Waals surface area contributed by atoms with Gasteiger partial charge in [-0.25, -0.2) is 12.8 Å². The summed E-state index contributed by atoms with van der Waals surface area (Å²) in [7, 11) is -4.13. The van der Waals surface area contributed by atoms with Gasteiger partial charge in [-0.1, -0.05) is 61.9 Å². The van der Waals surface area contributed by atoms with E-state index in [0.717, 1.165) is 16.3 Å². The van der Waals surface area contributed by atoms with E-state index in [1.54, 1.807) is 56.3 Å². The highest BCUT2D eigenvalue weighted by Crippen LogP contribution is 2.28. The number of anilines is 1. The molecule has 0 aromatic heterocycles. The molecule has 0 aliphatic carbocycles. The van der Waals surface area contributed by atoms with Gasteiger partial charge in [0.2, 0.25) is 11.8 Å². The van der Waals surface area contributed by atoms with Gasteiger partial charge in [-0.3, -0.25) is 13.9 Å². The van der Waals surface area contributed by atoms with Gasteiger partial charge in [0, 0.05) is 13.1 Å². The lowest BCUT2D eigenvalue weighted by atomic mass is 10.1. The van der Waals surface area contributed by atoms with Crippen molar-refractivity contribution in [2.24, 2.45) is 0 Å². The minimum atomic E-state index is -4.13. The standard InChI is InChI=1S/C30H36FN3O4S/c1-5-18-32-30(36)27(6-2)33(20-24-13-15-25(31)16-14-24)29(35)21-34(28-17-12-22(3)19-23(28)4)39(37,38)26-10-8-7-9-11-26/h7-17,19,27H,5-6,18,20-21H2,1-4H3,(H,32,36)/t27-/m0/s1. The third kappa shape index (κ3) is 7.44. The Morgan fingerprint density at radius 2 is 1.62 bits per heavy atom. The van der Waals surface area contributed by atoms with Crippen LogP contribution in [0.4, 0.5) is 10.1 Å². The molecule has 2 amide bonds. The molecule has 0 aliphatic rings. The van der Waals surface area contributed by atoms with Crippen LogP contribution in [0.2, 0.25) is 0 Å². The molecule has 9 heteroatoms. The van der Waals surface area contributed by atoms with Gasteiger partial charge in [-0.15, -0.1) is 0 Å². The van der Waals surface area contributed by atoms with Crippen LogP contribution in [0, 0.1) is 19.7 Å². The maximum Gasteiger partial charge on any atom is 0.264 e. The van der Waals surface area contributed by atoms with Gasteiger partial charge in [0.25, 0.3) is 10.0 Å². The molecule has 0 aliphatic heterocycles. The second kappa shape index (κ2) is 13.4. The number of carbonyl (C=O) groups excluding carboxylic acids is 2. The number of carbonyl (C=O) groups is 2. The van der Waals surface area contributed by atoms with E-state index >= 15 is 0 Å². The van der Waals surface area contributed by atoms with Crippen LogP contribution >= 0.6 is 0 Å². The molecule has 0 heterocycles. The molecule has 0 fully saturated rings. The molecule has 0 spiro atoms. The first kappa shape index (κ1) is 29.8. The Labute approximate surface area is 230 Å². The van der Waals surface area contributed by atoms with Crippen LogP contribution in [-0.2, 0) is 26.2 Å². The summed E-state index contributed by atoms with van der Waals surface area (Å²) in [4.78, 5) is 28.5. The monoisotopic (exact) mass is 553 g/mol. The summed E-state index contributed by atoms with van der Waals surface area (Å²) in [5.74, 6) is -1.28. The van der Waals surface area contributed by atoms with E-state index < -0.39 is 34.3 Å². The Kier molecular flexibility index (Phi) is 10.2. The molecular formula is C30H36FN3O4S. The largest absolute Gasteiger partial charge is 0.354 e. The number of amides is 2. The minimum absolute atomic E-state index is 0.0171. The molecule has 0 unspecified atom stereocenters. The van der Waals surface area contributed by atoms with Crippen molar-refractivity contribution in [2.45, 2.75) is 58.0 Å². The van der Waals surface area contributed by atoms with E-state index in [9.17, 15) is 22.4 Å². The van der Waals surface area contributed by atoms with Crippen molar-refractivity contribution in [3.63, 3.8) is 0 Å². The van der Waals surface area contributed by atoms with E-state index in [4.69, 9.17) is 0 Å². The summed E-state index contributed by atoms with van der Waals surface area (Å²) in [5.41, 5.74) is 2.65. The number of nitrogens with one attached hydrogen (secondary N) is 1. The van der Waals surface area contributed by atoms with Gasteiger partial charge >= 0.3 is 0 Å². The number of rotatable bonds is 12. The number of sulfonamides is 1. The second-order valence-electron chi connectivity index (χ2n) is 9.48. The van der Waals surface area contributed by atoms with Gasteiger partial charge in [0.05, 0.1) is 10.6 Å². The van der Waals surface area contributed by atoms with E-state index in [2.05, 4.69) is 5.32 Å². The number of benzene rings is 3. The van der Waals surface area contributed by atoms with Crippen molar-refractivity contribution in [1.29, 1.82) is 0 Å². The Morgan fingerprint density at radius 1 is 0.949 bits per heavy atom. The van der Waals surface area contributed by atoms with E-state index in [0.29, 0.717) is 29.8 Å². The first-order valence-corrected chi connectivity index (χ1v) is 14.5. The summed E-state index contributed by atoms with van der Waals surface area (Å²) in [6, 6.07) is 18.1. The fourth-order valence-electron chi connectivity index (χ4n) is 4.39. The first-order valence-electron chi connectivity index (χ1n) is 13.0. The van der Waals surface area contributed by atoms with Gasteiger partial charge < -0.3 is 10.2 Å². The Bertz CT molecular complexity index is 1380. The smallest absolute Gasteiger partial charge is 0.264 e. The lowest BCUT2D eigenvalue weighted by Crippen LogP contribution is -2.52. The number of hydrogen-bond acceptors (Lipinski definition) is 4. The molecule has 7 nitrogen and oxygen atoms in total. The highest BCUT2D eigenvalue weighted by Gasteiger charge is 2.34. The van der Waals surface area contributed by atoms with Crippen LogP contribution in [0.3, 0.4) is 0 Å². The molecule has 0 bridgehead atoms. The number of halogens is 1. The van der Waals surface area contributed by atoms with Crippen LogP contribution < -0.4 is 9.62 Å². The maximum absolute atomic E-state index is 14.0. The van der Waals surface area contributed by atoms with Crippen molar-refractivity contribution >= 4 is 27.5 Å². The summed E-state index contributed by atoms with van der Waals surface area (Å²) in [5, 5.41) is 2.85. The van der Waals surface area contributed by atoms with Crippen LogP contribution in [0.1, 0.15) is 43.4 Å². The predicted molar refractivity (Wildman–Crippen MR) is 151 cm³/mol. The van der Waals surface area contributed by atoms with Crippen LogP contribution in [-0.4, -0.2) is 44.3 Å². The minimum Gasteiger partial charge on any atom is -0.354 e. The first-order chi connectivity index (χ1) is 18.6. The normalized spacial score (nSPS) is 12.0.